The number of benzene rings is 1. The molecule has 1 aliphatic carbocycles. The molecule has 0 bridgehead atoms. The molecule has 9 heteroatoms. The van der Waals surface area contributed by atoms with Gasteiger partial charge in [0.1, 0.15) is 5.75 Å². The summed E-state index contributed by atoms with van der Waals surface area (Å²) in [6.45, 7) is 0.835. The van der Waals surface area contributed by atoms with Crippen molar-refractivity contribution in [3.63, 3.8) is 0 Å². The van der Waals surface area contributed by atoms with Crippen molar-refractivity contribution in [2.45, 2.75) is 56.5 Å². The predicted octanol–water partition coefficient (Wildman–Crippen LogP) is 2.27. The molecule has 1 aliphatic rings. The van der Waals surface area contributed by atoms with E-state index in [0.717, 1.165) is 37.8 Å². The third-order valence-electron chi connectivity index (χ3n) is 4.76. The van der Waals surface area contributed by atoms with Crippen LogP contribution in [0.3, 0.4) is 0 Å². The van der Waals surface area contributed by atoms with Crippen LogP contribution in [0.1, 0.15) is 56.4 Å². The number of aliphatic hydroxyl groups is 1. The molecule has 1 saturated carbocycles. The highest BCUT2D eigenvalue weighted by atomic mass is 35.5. The first-order valence-electron chi connectivity index (χ1n) is 9.23. The molecular weight excluding hydrogens is 402 g/mol. The van der Waals surface area contributed by atoms with Crippen LogP contribution in [0, 0.1) is 0 Å². The first-order chi connectivity index (χ1) is 12.6. The normalized spacial score (nSPS) is 15.7. The van der Waals surface area contributed by atoms with E-state index in [0.29, 0.717) is 0 Å². The Balaban J connectivity index is 0. The van der Waals surface area contributed by atoms with E-state index in [1.54, 1.807) is 12.1 Å². The summed E-state index contributed by atoms with van der Waals surface area (Å²) in [6, 6.07) is 7.31. The second-order valence-electron chi connectivity index (χ2n) is 7.36. The Kier molecular flexibility index (Phi) is 14.3. The molecule has 0 amide bonds. The van der Waals surface area contributed by atoms with Crippen LogP contribution in [0.15, 0.2) is 24.3 Å². The third-order valence-corrected chi connectivity index (χ3v) is 4.76. The number of rotatable bonds is 7. The van der Waals surface area contributed by atoms with Gasteiger partial charge in [-0.1, -0.05) is 31.4 Å². The Bertz CT molecular complexity index is 587. The summed E-state index contributed by atoms with van der Waals surface area (Å²) in [6.07, 6.45) is 4.62. The molecule has 8 nitrogen and oxygen atoms in total. The van der Waals surface area contributed by atoms with Gasteiger partial charge in [0.05, 0.1) is 18.4 Å². The number of halogens is 1. The number of aliphatic carboxylic acids is 2. The number of aromatic hydroxyl groups is 1. The van der Waals surface area contributed by atoms with Crippen molar-refractivity contribution in [2.24, 2.45) is 0 Å². The maximum Gasteiger partial charge on any atom is 0.303 e. The average Bonchev–Trinajstić information content (AvgIpc) is 2.60. The van der Waals surface area contributed by atoms with Gasteiger partial charge < -0.3 is 30.8 Å². The predicted molar refractivity (Wildman–Crippen MR) is 113 cm³/mol. The largest absolute Gasteiger partial charge is 0.508 e. The molecular formula is C20H34ClNO7. The van der Waals surface area contributed by atoms with Gasteiger partial charge in [-0.15, -0.1) is 12.4 Å². The van der Waals surface area contributed by atoms with Gasteiger partial charge in [0.2, 0.25) is 0 Å². The van der Waals surface area contributed by atoms with Gasteiger partial charge in [-0.2, -0.15) is 0 Å². The van der Waals surface area contributed by atoms with Crippen molar-refractivity contribution < 1.29 is 35.5 Å². The number of carboxylic acids is 2. The first-order valence-corrected chi connectivity index (χ1v) is 9.23. The summed E-state index contributed by atoms with van der Waals surface area (Å²) in [4.78, 5) is 21.4. The topological polar surface area (TPSA) is 150 Å². The molecule has 6 N–H and O–H groups in total. The van der Waals surface area contributed by atoms with Crippen LogP contribution in [0.2, 0.25) is 0 Å². The summed E-state index contributed by atoms with van der Waals surface area (Å²) >= 11 is 0. The van der Waals surface area contributed by atoms with E-state index in [-0.39, 0.29) is 42.4 Å². The maximum absolute atomic E-state index is 11.0. The lowest BCUT2D eigenvalue weighted by Crippen LogP contribution is -2.42. The Morgan fingerprint density at radius 3 is 1.83 bits per heavy atom. The molecule has 1 aromatic carbocycles. The Hall–Kier alpha value is -1.87. The zero-order valence-corrected chi connectivity index (χ0v) is 17.8. The van der Waals surface area contributed by atoms with Crippen molar-refractivity contribution >= 4 is 24.3 Å². The van der Waals surface area contributed by atoms with Gasteiger partial charge >= 0.3 is 11.9 Å². The minimum Gasteiger partial charge on any atom is -0.508 e. The van der Waals surface area contributed by atoms with Gasteiger partial charge in [-0.05, 0) is 44.6 Å². The quantitative estimate of drug-likeness (QED) is 0.512. The summed E-state index contributed by atoms with van der Waals surface area (Å²) < 4.78 is 0. The standard InChI is InChI=1S/C16H25NO2.C4H6O4.ClH.H2O/c1-17(2)12-15(13-6-8-14(18)9-7-13)16(19)10-4-3-5-11-16;5-3(6)1-2-4(7)8;;/h6-9,15,18-19H,3-5,10-12H2,1-2H3;1-2H2,(H,5,6)(H,7,8);1H;1H2. The van der Waals surface area contributed by atoms with Crippen LogP contribution < -0.4 is 0 Å². The van der Waals surface area contributed by atoms with E-state index in [4.69, 9.17) is 10.2 Å². The number of carbonyl (C=O) groups is 2. The van der Waals surface area contributed by atoms with Crippen LogP contribution in [-0.2, 0) is 9.59 Å². The number of hydrogen-bond donors (Lipinski definition) is 4. The molecule has 0 aromatic heterocycles. The Labute approximate surface area is 177 Å². The average molecular weight is 436 g/mol. The van der Waals surface area contributed by atoms with Crippen molar-refractivity contribution in [1.82, 2.24) is 4.90 Å². The van der Waals surface area contributed by atoms with Gasteiger partial charge in [0.25, 0.3) is 0 Å². The SMILES string of the molecule is CN(C)CC(c1ccc(O)cc1)C1(O)CCCCC1.Cl.O.O=C(O)CCC(=O)O. The summed E-state index contributed by atoms with van der Waals surface area (Å²) in [7, 11) is 4.08. The summed E-state index contributed by atoms with van der Waals surface area (Å²) in [5, 5.41) is 36.2. The van der Waals surface area contributed by atoms with E-state index in [1.807, 2.05) is 26.2 Å². The minimum absolute atomic E-state index is 0. The van der Waals surface area contributed by atoms with E-state index in [2.05, 4.69) is 4.90 Å². The van der Waals surface area contributed by atoms with Crippen LogP contribution in [0.5, 0.6) is 5.75 Å². The second-order valence-corrected chi connectivity index (χ2v) is 7.36. The molecule has 1 unspecified atom stereocenters. The van der Waals surface area contributed by atoms with Crippen molar-refractivity contribution in [1.29, 1.82) is 0 Å². The zero-order valence-electron chi connectivity index (χ0n) is 17.0. The molecule has 0 saturated heterocycles. The molecule has 1 fully saturated rings. The fraction of sp³-hybridized carbons (Fsp3) is 0.600. The molecule has 168 valence electrons. The lowest BCUT2D eigenvalue weighted by molar-refractivity contribution is -0.143. The molecule has 0 spiro atoms. The first kappa shape index (κ1) is 29.3. The van der Waals surface area contributed by atoms with E-state index in [1.165, 1.54) is 6.42 Å². The fourth-order valence-corrected chi connectivity index (χ4v) is 3.38. The molecule has 29 heavy (non-hydrogen) atoms. The van der Waals surface area contributed by atoms with Crippen molar-refractivity contribution in [2.75, 3.05) is 20.6 Å². The summed E-state index contributed by atoms with van der Waals surface area (Å²) in [5.74, 6) is -1.76. The highest BCUT2D eigenvalue weighted by molar-refractivity contribution is 5.85. The minimum atomic E-state index is -1.08. The van der Waals surface area contributed by atoms with Gasteiger partial charge in [0, 0.05) is 12.5 Å². The lowest BCUT2D eigenvalue weighted by Gasteiger charge is -2.40. The van der Waals surface area contributed by atoms with Crippen molar-refractivity contribution in [3.8, 4) is 5.75 Å². The Morgan fingerprint density at radius 2 is 1.45 bits per heavy atom. The number of phenols is 1. The highest BCUT2D eigenvalue weighted by Crippen LogP contribution is 2.40. The van der Waals surface area contributed by atoms with Crippen LogP contribution >= 0.6 is 12.4 Å². The second kappa shape index (κ2) is 14.2. The van der Waals surface area contributed by atoms with E-state index >= 15 is 0 Å². The number of carboxylic acid groups (broad SMARTS) is 2. The Morgan fingerprint density at radius 1 is 1.00 bits per heavy atom. The monoisotopic (exact) mass is 435 g/mol. The van der Waals surface area contributed by atoms with Crippen LogP contribution in [0.4, 0.5) is 0 Å². The summed E-state index contributed by atoms with van der Waals surface area (Å²) in [5.41, 5.74) is 0.523. The van der Waals surface area contributed by atoms with Gasteiger partial charge in [-0.25, -0.2) is 0 Å². The molecule has 0 heterocycles. The zero-order chi connectivity index (χ0) is 20.4. The maximum atomic E-state index is 11.0. The number of nitrogens with zero attached hydrogens (tertiary/aromatic N) is 1. The third kappa shape index (κ3) is 11.0. The smallest absolute Gasteiger partial charge is 0.303 e. The van der Waals surface area contributed by atoms with E-state index < -0.39 is 17.5 Å². The highest BCUT2D eigenvalue weighted by Gasteiger charge is 2.38. The number of likely N-dealkylation sites (N-methyl/N-ethyl adjacent to an activating group) is 1. The van der Waals surface area contributed by atoms with Gasteiger partial charge in [0.15, 0.2) is 0 Å². The molecule has 0 aliphatic heterocycles. The lowest BCUT2D eigenvalue weighted by atomic mass is 9.72. The number of phenolic OH excluding ortho intramolecular Hbond substituents is 1. The van der Waals surface area contributed by atoms with E-state index in [9.17, 15) is 19.8 Å². The van der Waals surface area contributed by atoms with Crippen LogP contribution in [-0.4, -0.2) is 69.0 Å². The molecule has 0 radical (unpaired) electrons. The molecule has 1 aromatic rings. The fourth-order valence-electron chi connectivity index (χ4n) is 3.38. The van der Waals surface area contributed by atoms with Gasteiger partial charge in [-0.3, -0.25) is 9.59 Å². The number of hydrogen-bond acceptors (Lipinski definition) is 5. The van der Waals surface area contributed by atoms with Crippen molar-refractivity contribution in [3.05, 3.63) is 29.8 Å². The molecule has 1 atom stereocenters. The van der Waals surface area contributed by atoms with Crippen LogP contribution in [0.25, 0.3) is 0 Å². The molecule has 2 rings (SSSR count).